The van der Waals surface area contributed by atoms with E-state index in [9.17, 15) is 9.59 Å². The van der Waals surface area contributed by atoms with Gasteiger partial charge >= 0.3 is 0 Å². The number of carbonyl (C=O) groups is 2. The first-order chi connectivity index (χ1) is 42.7. The van der Waals surface area contributed by atoms with Gasteiger partial charge in [0.1, 0.15) is 29.4 Å². The van der Waals surface area contributed by atoms with Crippen LogP contribution in [0.15, 0.2) is 137 Å². The number of aromatic amines is 2. The minimum absolute atomic E-state index is 0. The molecule has 0 bridgehead atoms. The summed E-state index contributed by atoms with van der Waals surface area (Å²) in [6.45, 7) is 6.80. The number of carbonyl (C=O) groups excluding carboxylic acids is 2. The van der Waals surface area contributed by atoms with E-state index in [1.165, 1.54) is 25.5 Å². The molecule has 0 unspecified atom stereocenters. The summed E-state index contributed by atoms with van der Waals surface area (Å²) >= 11 is 0. The van der Waals surface area contributed by atoms with Crippen LogP contribution in [-0.4, -0.2) is 115 Å². The van der Waals surface area contributed by atoms with E-state index in [1.807, 2.05) is 117 Å². The number of rotatable bonds is 10. The quantitative estimate of drug-likeness (QED) is 0.0570. The Morgan fingerprint density at radius 1 is 0.578 bits per heavy atom. The largest absolute Gasteiger partial charge is 0.415 e. The molecule has 0 fully saturated rings. The number of aliphatic hydroxyl groups excluding tert-OH is 2. The molecule has 12 rings (SSSR count). The van der Waals surface area contributed by atoms with Gasteiger partial charge in [-0.05, 0) is 86.7 Å². The Morgan fingerprint density at radius 3 is 1.58 bits per heavy atom. The second kappa shape index (κ2) is 31.0. The van der Waals surface area contributed by atoms with Gasteiger partial charge in [0.2, 0.25) is 23.6 Å². The molecule has 0 saturated carbocycles. The average molecular weight is 1220 g/mol. The molecule has 0 aliphatic rings. The summed E-state index contributed by atoms with van der Waals surface area (Å²) in [5.41, 5.74) is 21.9. The molecule has 28 nitrogen and oxygen atoms in total. The van der Waals surface area contributed by atoms with Crippen molar-refractivity contribution in [3.63, 3.8) is 0 Å². The van der Waals surface area contributed by atoms with Crippen LogP contribution in [0.1, 0.15) is 56.7 Å². The Kier molecular flexibility index (Phi) is 22.4. The van der Waals surface area contributed by atoms with Crippen molar-refractivity contribution >= 4 is 57.2 Å². The van der Waals surface area contributed by atoms with Crippen molar-refractivity contribution in [2.75, 3.05) is 35.3 Å². The Balaban J connectivity index is 0.000000623. The molecule has 0 saturated heterocycles. The van der Waals surface area contributed by atoms with Crippen molar-refractivity contribution in [3.8, 4) is 105 Å². The number of hydrogen-bond acceptors (Lipinski definition) is 24. The summed E-state index contributed by atoms with van der Waals surface area (Å²) in [6.07, 6.45) is 11.4. The van der Waals surface area contributed by atoms with E-state index in [2.05, 4.69) is 120 Å². The smallest absolute Gasteiger partial charge is 0.268 e. The molecule has 464 valence electrons. The van der Waals surface area contributed by atoms with Gasteiger partial charge in [-0.3, -0.25) is 19.6 Å². The monoisotopic (exact) mass is 1220 g/mol. The number of imidazole rings is 2. The maximum atomic E-state index is 11.5. The number of H-pyrrole nitrogens is 2. The molecule has 0 atom stereocenters. The number of anilines is 4. The predicted molar refractivity (Wildman–Crippen MR) is 350 cm³/mol. The number of terminal acetylenes is 1. The number of nitrogens with one attached hydrogen (secondary N) is 4. The number of aromatic nitrogens is 16. The molecule has 0 aliphatic heterocycles. The van der Waals surface area contributed by atoms with Gasteiger partial charge in [-0.2, -0.15) is 0 Å². The maximum absolute atomic E-state index is 11.5. The van der Waals surface area contributed by atoms with Crippen molar-refractivity contribution in [3.05, 3.63) is 156 Å². The third-order valence-corrected chi connectivity index (χ3v) is 11.9. The van der Waals surface area contributed by atoms with Gasteiger partial charge in [0.15, 0.2) is 46.3 Å². The molecule has 8 heterocycles. The predicted octanol–water partition coefficient (Wildman–Crippen LogP) is 9.31. The SMILES string of the molecule is C#CCC(=O)Nc1cnc(N)c(-c2nc3ccc(C)cc3[nH]2)n1.CC(=O)Nc1cnc(N)c(-c2nc3ccccc3[nH]2)n1.Cc1ncc(C#CCCO)nc1-c1nnc(-c2ccccc2)o1.Cc1ncc(C#CCO)nc1-c1nnc(-c2ccccc2)o1.N.N.[HH].[HH].[HH].[HH].[HH].[HH]. The summed E-state index contributed by atoms with van der Waals surface area (Å²) in [5.74, 6) is 16.1. The number of hydrogen-bond donors (Lipinski definition) is 10. The number of amides is 2. The summed E-state index contributed by atoms with van der Waals surface area (Å²) in [4.78, 5) is 71.6. The zero-order valence-corrected chi connectivity index (χ0v) is 48.9. The third-order valence-electron chi connectivity index (χ3n) is 11.9. The summed E-state index contributed by atoms with van der Waals surface area (Å²) in [5, 5.41) is 38.8. The number of aliphatic hydroxyl groups is 2. The van der Waals surface area contributed by atoms with E-state index in [0.29, 0.717) is 87.1 Å². The fourth-order valence-electron chi connectivity index (χ4n) is 7.82. The minimum Gasteiger partial charge on any atom is -0.415 e. The molecule has 90 heavy (non-hydrogen) atoms. The van der Waals surface area contributed by atoms with Gasteiger partial charge in [0.05, 0.1) is 71.3 Å². The van der Waals surface area contributed by atoms with E-state index in [-0.39, 0.29) is 75.7 Å². The molecular weight excluding hydrogens is 1150 g/mol. The summed E-state index contributed by atoms with van der Waals surface area (Å²) in [7, 11) is 0. The van der Waals surface area contributed by atoms with Crippen molar-refractivity contribution in [2.45, 2.75) is 40.5 Å². The molecule has 0 spiro atoms. The highest BCUT2D eigenvalue weighted by Crippen LogP contribution is 2.28. The molecule has 12 aromatic rings. The lowest BCUT2D eigenvalue weighted by atomic mass is 10.2. The van der Waals surface area contributed by atoms with Crippen LogP contribution in [-0.2, 0) is 9.59 Å². The summed E-state index contributed by atoms with van der Waals surface area (Å²) in [6, 6.07) is 32.5. The van der Waals surface area contributed by atoms with Gasteiger partial charge in [-0.25, -0.2) is 39.9 Å². The zero-order chi connectivity index (χ0) is 61.9. The first-order valence-electron chi connectivity index (χ1n) is 26.6. The third kappa shape index (κ3) is 16.9. The van der Waals surface area contributed by atoms with Gasteiger partial charge in [-0.15, -0.1) is 26.8 Å². The van der Waals surface area contributed by atoms with E-state index < -0.39 is 0 Å². The molecular formula is C62H70N22O6. The van der Waals surface area contributed by atoms with Crippen molar-refractivity contribution in [1.29, 1.82) is 0 Å². The van der Waals surface area contributed by atoms with E-state index >= 15 is 0 Å². The highest BCUT2D eigenvalue weighted by molar-refractivity contribution is 5.92. The van der Waals surface area contributed by atoms with Crippen LogP contribution in [0, 0.1) is 56.8 Å². The van der Waals surface area contributed by atoms with Gasteiger partial charge in [0.25, 0.3) is 11.8 Å². The average Bonchev–Trinajstić information content (AvgIpc) is 1.65. The molecule has 4 aromatic carbocycles. The summed E-state index contributed by atoms with van der Waals surface area (Å²) < 4.78 is 11.4. The maximum Gasteiger partial charge on any atom is 0.268 e. The van der Waals surface area contributed by atoms with Gasteiger partial charge < -0.3 is 63.4 Å². The van der Waals surface area contributed by atoms with Gasteiger partial charge in [-0.1, -0.05) is 72.4 Å². The number of para-hydroxylation sites is 2. The molecule has 0 aliphatic carbocycles. The normalized spacial score (nSPS) is 10.1. The highest BCUT2D eigenvalue weighted by Gasteiger charge is 2.19. The van der Waals surface area contributed by atoms with E-state index in [0.717, 1.165) is 38.8 Å². The number of aryl methyl sites for hydroxylation is 3. The van der Waals surface area contributed by atoms with Crippen LogP contribution in [0.5, 0.6) is 0 Å². The number of nitrogens with zero attached hydrogens (tertiary/aromatic N) is 14. The van der Waals surface area contributed by atoms with E-state index in [1.54, 1.807) is 13.1 Å². The van der Waals surface area contributed by atoms with Crippen LogP contribution in [0.4, 0.5) is 23.3 Å². The number of fused-ring (bicyclic) bond motifs is 2. The van der Waals surface area contributed by atoms with Crippen molar-refractivity contribution < 1.29 is 37.2 Å². The zero-order valence-electron chi connectivity index (χ0n) is 48.9. The second-order valence-electron chi connectivity index (χ2n) is 18.5. The Bertz CT molecular complexity index is 4610. The molecule has 16 N–H and O–H groups in total. The Morgan fingerprint density at radius 2 is 1.07 bits per heavy atom. The van der Waals surface area contributed by atoms with Crippen LogP contribution in [0.25, 0.3) is 91.2 Å². The lowest BCUT2D eigenvalue weighted by molar-refractivity contribution is -0.115. The molecule has 28 heteroatoms. The highest BCUT2D eigenvalue weighted by atomic mass is 16.4. The van der Waals surface area contributed by atoms with Gasteiger partial charge in [0, 0.05) is 33.0 Å². The molecule has 0 radical (unpaired) electrons. The fraction of sp³-hybridized carbons (Fsp3) is 0.129. The van der Waals surface area contributed by atoms with Crippen LogP contribution in [0.2, 0.25) is 0 Å². The van der Waals surface area contributed by atoms with E-state index in [4.69, 9.17) is 36.9 Å². The lowest BCUT2D eigenvalue weighted by Crippen LogP contribution is -2.12. The minimum atomic E-state index is -0.335. The fourth-order valence-corrected chi connectivity index (χ4v) is 7.82. The number of nitrogens with two attached hydrogens (primary N) is 2. The lowest BCUT2D eigenvalue weighted by Gasteiger charge is -2.05. The molecule has 8 aromatic heterocycles. The first kappa shape index (κ1) is 65.0. The Labute approximate surface area is 522 Å². The van der Waals surface area contributed by atoms with Crippen molar-refractivity contribution in [1.82, 2.24) is 92.5 Å². The second-order valence-corrected chi connectivity index (χ2v) is 18.5. The van der Waals surface area contributed by atoms with Crippen LogP contribution >= 0.6 is 0 Å². The van der Waals surface area contributed by atoms with Crippen LogP contribution < -0.4 is 34.4 Å². The van der Waals surface area contributed by atoms with Crippen LogP contribution in [0.3, 0.4) is 0 Å². The topological polar surface area (TPSA) is 459 Å². The number of benzene rings is 4. The van der Waals surface area contributed by atoms with Crippen molar-refractivity contribution in [2.24, 2.45) is 0 Å². The Hall–Kier alpha value is -12.5. The first-order valence-corrected chi connectivity index (χ1v) is 26.6. The standard InChI is InChI=1S/C17H14N4O2.C16H14N6O.C16H12N4O2.C13H12N6O.2H3N.6H2/c1-12-15(19-14(11-18-12)9-5-6-10-22)17-21-20-16(23-17)13-7-3-2-4-8-13;1-3-4-13(23)21-12-8-18-15(17)14(22-12)16-19-10-6-5-9(2)7-11(10)20-16;1-11-14(18-13(10-17-11)8-5-9-21)16-20-19-15(22-16)12-6-3-2-4-7-12;1-7(20)16-10-6-15-12(14)11(19-10)13-17-8-4-2-3-5-9(8)18-13;;;;;;;;/h2-4,7-8,11,22H,6,10H2,1H3;1,5-8H,4H2,2H3,(H2,17,18)(H,19,20)(H,21,22,23);2-4,6-7,10,21H,9H2,1H3;2-6H,1H3,(H2,14,15)(H,17,18)(H,16,19,20);2*1H3;6*1H. The number of nitrogen functional groups attached to an aromatic ring is 2. The molecule has 2 amide bonds.